The molecule has 0 saturated heterocycles. The van der Waals surface area contributed by atoms with Crippen LogP contribution >= 0.6 is 0 Å². The maximum atomic E-state index is 11.9. The van der Waals surface area contributed by atoms with E-state index in [2.05, 4.69) is 24.1 Å². The molecule has 0 aliphatic heterocycles. The molecule has 0 fully saturated rings. The summed E-state index contributed by atoms with van der Waals surface area (Å²) >= 11 is 0. The van der Waals surface area contributed by atoms with Crippen LogP contribution in [0.15, 0.2) is 24.5 Å². The quantitative estimate of drug-likeness (QED) is 0.823. The monoisotopic (exact) mass is 277 g/mol. The van der Waals surface area contributed by atoms with Crippen molar-refractivity contribution in [1.29, 1.82) is 0 Å². The molecule has 5 heteroatoms. The first-order chi connectivity index (χ1) is 9.49. The molecule has 0 saturated carbocycles. The Labute approximate surface area is 120 Å². The number of carbonyl (C=O) groups excluding carboxylic acids is 2. The molecule has 0 aromatic carbocycles. The minimum atomic E-state index is -0.146. The Bertz CT molecular complexity index is 432. The molecule has 20 heavy (non-hydrogen) atoms. The molecule has 0 atom stereocenters. The number of aromatic nitrogens is 1. The minimum absolute atomic E-state index is 0.0674. The number of carbonyl (C=O) groups is 2. The number of rotatable bonds is 7. The van der Waals surface area contributed by atoms with Crippen molar-refractivity contribution in [2.75, 3.05) is 13.1 Å². The second-order valence-electron chi connectivity index (χ2n) is 5.26. The van der Waals surface area contributed by atoms with Gasteiger partial charge in [-0.1, -0.05) is 19.9 Å². The minimum Gasteiger partial charge on any atom is -0.350 e. The number of hydrogen-bond acceptors (Lipinski definition) is 3. The van der Waals surface area contributed by atoms with Gasteiger partial charge >= 0.3 is 0 Å². The van der Waals surface area contributed by atoms with E-state index < -0.39 is 0 Å². The van der Waals surface area contributed by atoms with Gasteiger partial charge in [0, 0.05) is 32.4 Å². The number of nitrogens with zero attached hydrogens (tertiary/aromatic N) is 2. The molecule has 5 nitrogen and oxygen atoms in total. The van der Waals surface area contributed by atoms with E-state index in [1.165, 1.54) is 6.92 Å². The zero-order valence-electron chi connectivity index (χ0n) is 12.4. The summed E-state index contributed by atoms with van der Waals surface area (Å²) < 4.78 is 0. The molecular formula is C15H23N3O2. The zero-order valence-corrected chi connectivity index (χ0v) is 12.4. The van der Waals surface area contributed by atoms with Crippen LogP contribution in [0.25, 0.3) is 0 Å². The Balaban J connectivity index is 2.40. The number of hydrogen-bond donors (Lipinski definition) is 1. The molecule has 1 heterocycles. The Morgan fingerprint density at radius 1 is 1.40 bits per heavy atom. The van der Waals surface area contributed by atoms with Crippen molar-refractivity contribution in [3.63, 3.8) is 0 Å². The van der Waals surface area contributed by atoms with E-state index >= 15 is 0 Å². The van der Waals surface area contributed by atoms with E-state index in [4.69, 9.17) is 0 Å². The van der Waals surface area contributed by atoms with Crippen molar-refractivity contribution in [1.82, 2.24) is 15.2 Å². The highest BCUT2D eigenvalue weighted by atomic mass is 16.2. The van der Waals surface area contributed by atoms with Gasteiger partial charge in [-0.25, -0.2) is 0 Å². The molecule has 2 amide bonds. The van der Waals surface area contributed by atoms with Crippen LogP contribution in [0, 0.1) is 5.92 Å². The van der Waals surface area contributed by atoms with Crippen molar-refractivity contribution in [3.8, 4) is 0 Å². The highest BCUT2D eigenvalue weighted by Crippen LogP contribution is 2.02. The topological polar surface area (TPSA) is 62.3 Å². The van der Waals surface area contributed by atoms with E-state index in [0.717, 1.165) is 12.0 Å². The van der Waals surface area contributed by atoms with E-state index in [1.807, 2.05) is 12.1 Å². The predicted octanol–water partition coefficient (Wildman–Crippen LogP) is 1.59. The average molecular weight is 277 g/mol. The molecule has 1 aromatic rings. The molecule has 0 unspecified atom stereocenters. The van der Waals surface area contributed by atoms with Gasteiger partial charge in [0.2, 0.25) is 11.8 Å². The normalized spacial score (nSPS) is 10.4. The molecule has 0 aliphatic rings. The lowest BCUT2D eigenvalue weighted by Crippen LogP contribution is -2.40. The van der Waals surface area contributed by atoms with Gasteiger partial charge in [0.05, 0.1) is 6.54 Å². The van der Waals surface area contributed by atoms with E-state index in [1.54, 1.807) is 17.3 Å². The smallest absolute Gasteiger partial charge is 0.239 e. The standard InChI is InChI=1S/C15H23N3O2/c1-12(2)6-8-18(13(3)19)11-15(20)17-10-14-5-4-7-16-9-14/h4-5,7,9,12H,6,8,10-11H2,1-3H3,(H,17,20). The van der Waals surface area contributed by atoms with Crippen LogP contribution in [0.1, 0.15) is 32.8 Å². The molecule has 0 spiro atoms. The van der Waals surface area contributed by atoms with Crippen molar-refractivity contribution >= 4 is 11.8 Å². The summed E-state index contributed by atoms with van der Waals surface area (Å²) in [6.07, 6.45) is 4.30. The van der Waals surface area contributed by atoms with E-state index in [0.29, 0.717) is 19.0 Å². The Kier molecular flexibility index (Phi) is 6.70. The van der Waals surface area contributed by atoms with Gasteiger partial charge in [-0.15, -0.1) is 0 Å². The van der Waals surface area contributed by atoms with Crippen LogP contribution in [0.4, 0.5) is 0 Å². The third-order valence-electron chi connectivity index (χ3n) is 2.97. The summed E-state index contributed by atoms with van der Waals surface area (Å²) in [6.45, 7) is 6.86. The van der Waals surface area contributed by atoms with Gasteiger partial charge < -0.3 is 10.2 Å². The van der Waals surface area contributed by atoms with Crippen molar-refractivity contribution < 1.29 is 9.59 Å². The van der Waals surface area contributed by atoms with Crippen LogP contribution < -0.4 is 5.32 Å². The summed E-state index contributed by atoms with van der Waals surface area (Å²) in [4.78, 5) is 28.9. The highest BCUT2D eigenvalue weighted by molar-refractivity contribution is 5.83. The zero-order chi connectivity index (χ0) is 15.0. The Hall–Kier alpha value is -1.91. The fourth-order valence-corrected chi connectivity index (χ4v) is 1.69. The molecule has 1 rings (SSSR count). The van der Waals surface area contributed by atoms with Crippen molar-refractivity contribution in [2.24, 2.45) is 5.92 Å². The first-order valence-electron chi connectivity index (χ1n) is 6.90. The fraction of sp³-hybridized carbons (Fsp3) is 0.533. The van der Waals surface area contributed by atoms with Gasteiger partial charge in [-0.3, -0.25) is 14.6 Å². The van der Waals surface area contributed by atoms with E-state index in [9.17, 15) is 9.59 Å². The number of nitrogens with one attached hydrogen (secondary N) is 1. The lowest BCUT2D eigenvalue weighted by Gasteiger charge is -2.21. The first-order valence-corrected chi connectivity index (χ1v) is 6.90. The van der Waals surface area contributed by atoms with Crippen molar-refractivity contribution in [2.45, 2.75) is 33.7 Å². The van der Waals surface area contributed by atoms with Gasteiger partial charge in [0.15, 0.2) is 0 Å². The largest absolute Gasteiger partial charge is 0.350 e. The van der Waals surface area contributed by atoms with Gasteiger partial charge in [0.25, 0.3) is 0 Å². The Morgan fingerprint density at radius 3 is 2.70 bits per heavy atom. The number of pyridine rings is 1. The second kappa shape index (κ2) is 8.30. The summed E-state index contributed by atoms with van der Waals surface area (Å²) in [7, 11) is 0. The molecular weight excluding hydrogens is 254 g/mol. The van der Waals surface area contributed by atoms with Crippen LogP contribution in [-0.2, 0) is 16.1 Å². The first kappa shape index (κ1) is 16.1. The third-order valence-corrected chi connectivity index (χ3v) is 2.97. The molecule has 0 aliphatic carbocycles. The summed E-state index contributed by atoms with van der Waals surface area (Å²) in [5, 5.41) is 2.80. The van der Waals surface area contributed by atoms with Gasteiger partial charge in [-0.2, -0.15) is 0 Å². The maximum Gasteiger partial charge on any atom is 0.239 e. The molecule has 0 radical (unpaired) electrons. The van der Waals surface area contributed by atoms with Crippen LogP contribution in [0.5, 0.6) is 0 Å². The van der Waals surface area contributed by atoms with Crippen LogP contribution in [0.3, 0.4) is 0 Å². The SMILES string of the molecule is CC(=O)N(CCC(C)C)CC(=O)NCc1cccnc1. The summed E-state index contributed by atoms with van der Waals surface area (Å²) in [5.41, 5.74) is 0.942. The summed E-state index contributed by atoms with van der Waals surface area (Å²) in [5.74, 6) is 0.297. The fourth-order valence-electron chi connectivity index (χ4n) is 1.69. The van der Waals surface area contributed by atoms with Gasteiger partial charge in [-0.05, 0) is 24.0 Å². The molecule has 0 bridgehead atoms. The van der Waals surface area contributed by atoms with Gasteiger partial charge in [0.1, 0.15) is 0 Å². The van der Waals surface area contributed by atoms with Crippen LogP contribution in [-0.4, -0.2) is 34.8 Å². The lowest BCUT2D eigenvalue weighted by atomic mass is 10.1. The molecule has 1 aromatic heterocycles. The van der Waals surface area contributed by atoms with Crippen molar-refractivity contribution in [3.05, 3.63) is 30.1 Å². The summed E-state index contributed by atoms with van der Waals surface area (Å²) in [6, 6.07) is 3.72. The Morgan fingerprint density at radius 2 is 2.15 bits per heavy atom. The molecule has 1 N–H and O–H groups in total. The van der Waals surface area contributed by atoms with Crippen LogP contribution in [0.2, 0.25) is 0 Å². The van der Waals surface area contributed by atoms with E-state index in [-0.39, 0.29) is 18.4 Å². The average Bonchev–Trinajstić information content (AvgIpc) is 2.41. The molecule has 110 valence electrons. The third kappa shape index (κ3) is 6.31. The second-order valence-corrected chi connectivity index (χ2v) is 5.26. The predicted molar refractivity (Wildman–Crippen MR) is 77.8 cm³/mol. The number of amides is 2. The lowest BCUT2D eigenvalue weighted by molar-refractivity contribution is -0.134. The maximum absolute atomic E-state index is 11.9. The highest BCUT2D eigenvalue weighted by Gasteiger charge is 2.13.